The van der Waals surface area contributed by atoms with E-state index in [9.17, 15) is 4.79 Å². The van der Waals surface area contributed by atoms with Crippen LogP contribution in [0.4, 0.5) is 0 Å². The Morgan fingerprint density at radius 2 is 2.25 bits per heavy atom. The molecule has 5 nitrogen and oxygen atoms in total. The van der Waals surface area contributed by atoms with Gasteiger partial charge < -0.3 is 16.0 Å². The number of nitrogens with zero attached hydrogens (tertiary/aromatic N) is 2. The second kappa shape index (κ2) is 10.2. The highest BCUT2D eigenvalue weighted by Gasteiger charge is 2.23. The van der Waals surface area contributed by atoms with Crippen molar-refractivity contribution in [3.05, 3.63) is 33.8 Å². The fourth-order valence-electron chi connectivity index (χ4n) is 3.07. The van der Waals surface area contributed by atoms with Crippen LogP contribution in [0.3, 0.4) is 0 Å². The number of aryl methyl sites for hydroxylation is 1. The SMILES string of the molecule is CN=C(NCc1ccc(Br)cc1C)N1CCCC(CC(N)=O)C1.I. The highest BCUT2D eigenvalue weighted by atomic mass is 127. The van der Waals surface area contributed by atoms with Crippen LogP contribution in [0, 0.1) is 12.8 Å². The number of benzene rings is 1. The van der Waals surface area contributed by atoms with Crippen LogP contribution in [-0.2, 0) is 11.3 Å². The zero-order chi connectivity index (χ0) is 16.8. The smallest absolute Gasteiger partial charge is 0.217 e. The summed E-state index contributed by atoms with van der Waals surface area (Å²) in [5.74, 6) is 1.00. The second-order valence-electron chi connectivity index (χ2n) is 6.10. The van der Waals surface area contributed by atoms with Crippen LogP contribution in [0.2, 0.25) is 0 Å². The standard InChI is InChI=1S/C17H25BrN4O.HI/c1-12-8-15(18)6-5-14(12)10-21-17(20-2)22-7-3-4-13(11-22)9-16(19)23;/h5-6,8,13H,3-4,7,9-11H2,1-2H3,(H2,19,23)(H,20,21);1H. The van der Waals surface area contributed by atoms with E-state index in [-0.39, 0.29) is 29.9 Å². The summed E-state index contributed by atoms with van der Waals surface area (Å²) in [6.45, 7) is 4.65. The van der Waals surface area contributed by atoms with Gasteiger partial charge >= 0.3 is 0 Å². The van der Waals surface area contributed by atoms with Gasteiger partial charge in [0.2, 0.25) is 5.91 Å². The van der Waals surface area contributed by atoms with Gasteiger partial charge in [0.25, 0.3) is 0 Å². The summed E-state index contributed by atoms with van der Waals surface area (Å²) in [5, 5.41) is 3.43. The summed E-state index contributed by atoms with van der Waals surface area (Å²) in [4.78, 5) is 17.8. The third-order valence-corrected chi connectivity index (χ3v) is 4.76. The molecule has 0 aromatic heterocycles. The molecule has 134 valence electrons. The first-order valence-electron chi connectivity index (χ1n) is 7.98. The molecule has 1 aromatic rings. The molecule has 1 amide bonds. The molecule has 1 aliphatic heterocycles. The fraction of sp³-hybridized carbons (Fsp3) is 0.529. The van der Waals surface area contributed by atoms with Crippen LogP contribution in [0.5, 0.6) is 0 Å². The number of carbonyl (C=O) groups excluding carboxylic acids is 1. The lowest BCUT2D eigenvalue weighted by Gasteiger charge is -2.34. The maximum Gasteiger partial charge on any atom is 0.217 e. The summed E-state index contributed by atoms with van der Waals surface area (Å²) in [5.41, 5.74) is 7.83. The van der Waals surface area contributed by atoms with E-state index in [2.05, 4.69) is 56.3 Å². The molecule has 1 atom stereocenters. The van der Waals surface area contributed by atoms with Crippen molar-refractivity contribution in [2.45, 2.75) is 32.7 Å². The lowest BCUT2D eigenvalue weighted by molar-refractivity contribution is -0.119. The molecule has 1 unspecified atom stereocenters. The number of carbonyl (C=O) groups is 1. The Balaban J connectivity index is 0.00000288. The van der Waals surface area contributed by atoms with E-state index in [1.165, 1.54) is 11.1 Å². The summed E-state index contributed by atoms with van der Waals surface area (Å²) in [6, 6.07) is 6.28. The first kappa shape index (κ1) is 21.2. The number of primary amides is 1. The lowest BCUT2D eigenvalue weighted by Crippen LogP contribution is -2.47. The molecular formula is C17H26BrIN4O. The summed E-state index contributed by atoms with van der Waals surface area (Å²) in [7, 11) is 1.80. The van der Waals surface area contributed by atoms with Crippen molar-refractivity contribution < 1.29 is 4.79 Å². The molecule has 24 heavy (non-hydrogen) atoms. The Morgan fingerprint density at radius 3 is 2.88 bits per heavy atom. The topological polar surface area (TPSA) is 70.7 Å². The third-order valence-electron chi connectivity index (χ3n) is 4.26. The molecule has 1 aliphatic rings. The number of rotatable bonds is 4. The van der Waals surface area contributed by atoms with Gasteiger partial charge in [-0.25, -0.2) is 0 Å². The molecular weight excluding hydrogens is 483 g/mol. The minimum atomic E-state index is -0.217. The molecule has 0 spiro atoms. The van der Waals surface area contributed by atoms with Gasteiger partial charge in [-0.2, -0.15) is 0 Å². The lowest BCUT2D eigenvalue weighted by atomic mass is 9.95. The van der Waals surface area contributed by atoms with Gasteiger partial charge in [-0.1, -0.05) is 22.0 Å². The van der Waals surface area contributed by atoms with Crippen LogP contribution in [-0.4, -0.2) is 36.9 Å². The van der Waals surface area contributed by atoms with Gasteiger partial charge in [0.05, 0.1) is 0 Å². The molecule has 1 heterocycles. The fourth-order valence-corrected chi connectivity index (χ4v) is 3.55. The average Bonchev–Trinajstić information content (AvgIpc) is 2.49. The number of likely N-dealkylation sites (tertiary alicyclic amines) is 1. The predicted molar refractivity (Wildman–Crippen MR) is 113 cm³/mol. The van der Waals surface area contributed by atoms with Crippen LogP contribution in [0.1, 0.15) is 30.4 Å². The highest BCUT2D eigenvalue weighted by molar-refractivity contribution is 14.0. The average molecular weight is 509 g/mol. The Labute approximate surface area is 169 Å². The number of halogens is 2. The number of aliphatic imine (C=N–C) groups is 1. The van der Waals surface area contributed by atoms with Crippen molar-refractivity contribution >= 4 is 51.8 Å². The van der Waals surface area contributed by atoms with E-state index in [0.717, 1.165) is 42.9 Å². The monoisotopic (exact) mass is 508 g/mol. The van der Waals surface area contributed by atoms with E-state index in [1.54, 1.807) is 7.05 Å². The Hall–Kier alpha value is -0.830. The van der Waals surface area contributed by atoms with Gasteiger partial charge in [-0.15, -0.1) is 24.0 Å². The van der Waals surface area contributed by atoms with Crippen LogP contribution < -0.4 is 11.1 Å². The van der Waals surface area contributed by atoms with Crippen LogP contribution >= 0.6 is 39.9 Å². The Morgan fingerprint density at radius 1 is 1.50 bits per heavy atom. The Kier molecular flexibility index (Phi) is 9.04. The minimum absolute atomic E-state index is 0. The number of amides is 1. The molecule has 2 rings (SSSR count). The number of hydrogen-bond acceptors (Lipinski definition) is 2. The molecule has 1 saturated heterocycles. The van der Waals surface area contributed by atoms with Crippen molar-refractivity contribution in [3.63, 3.8) is 0 Å². The molecule has 0 aliphatic carbocycles. The molecule has 0 bridgehead atoms. The zero-order valence-electron chi connectivity index (χ0n) is 14.2. The van der Waals surface area contributed by atoms with E-state index in [0.29, 0.717) is 12.3 Å². The highest BCUT2D eigenvalue weighted by Crippen LogP contribution is 2.20. The molecule has 0 saturated carbocycles. The normalized spacial score (nSPS) is 18.0. The van der Waals surface area contributed by atoms with Crippen molar-refractivity contribution in [1.29, 1.82) is 0 Å². The number of nitrogens with two attached hydrogens (primary N) is 1. The minimum Gasteiger partial charge on any atom is -0.370 e. The van der Waals surface area contributed by atoms with Crippen molar-refractivity contribution in [1.82, 2.24) is 10.2 Å². The summed E-state index contributed by atoms with van der Waals surface area (Å²) < 4.78 is 1.09. The molecule has 7 heteroatoms. The quantitative estimate of drug-likeness (QED) is 0.373. The predicted octanol–water partition coefficient (Wildman–Crippen LogP) is 3.04. The van der Waals surface area contributed by atoms with Crippen LogP contribution in [0.25, 0.3) is 0 Å². The van der Waals surface area contributed by atoms with Gasteiger partial charge in [0.1, 0.15) is 0 Å². The molecule has 1 aromatic carbocycles. The summed E-state index contributed by atoms with van der Waals surface area (Å²) >= 11 is 3.49. The zero-order valence-corrected chi connectivity index (χ0v) is 18.1. The van der Waals surface area contributed by atoms with E-state index in [1.807, 2.05) is 0 Å². The van der Waals surface area contributed by atoms with E-state index >= 15 is 0 Å². The first-order chi connectivity index (χ1) is 11.0. The number of nitrogens with one attached hydrogen (secondary N) is 1. The first-order valence-corrected chi connectivity index (χ1v) is 8.78. The molecule has 3 N–H and O–H groups in total. The van der Waals surface area contributed by atoms with E-state index in [4.69, 9.17) is 5.73 Å². The van der Waals surface area contributed by atoms with Gasteiger partial charge in [0.15, 0.2) is 5.96 Å². The van der Waals surface area contributed by atoms with Crippen molar-refractivity contribution in [2.24, 2.45) is 16.6 Å². The maximum absolute atomic E-state index is 11.1. The number of hydrogen-bond donors (Lipinski definition) is 2. The van der Waals surface area contributed by atoms with Gasteiger partial charge in [-0.3, -0.25) is 9.79 Å². The van der Waals surface area contributed by atoms with Gasteiger partial charge in [0, 0.05) is 37.6 Å². The third kappa shape index (κ3) is 6.23. The Bertz CT molecular complexity index is 594. The number of guanidine groups is 1. The second-order valence-corrected chi connectivity index (χ2v) is 7.01. The van der Waals surface area contributed by atoms with Crippen LogP contribution in [0.15, 0.2) is 27.7 Å². The van der Waals surface area contributed by atoms with Crippen molar-refractivity contribution in [3.8, 4) is 0 Å². The van der Waals surface area contributed by atoms with E-state index < -0.39 is 0 Å². The van der Waals surface area contributed by atoms with Gasteiger partial charge in [-0.05, 0) is 48.9 Å². The number of piperidine rings is 1. The molecule has 0 radical (unpaired) electrons. The largest absolute Gasteiger partial charge is 0.370 e. The van der Waals surface area contributed by atoms with Crippen molar-refractivity contribution in [2.75, 3.05) is 20.1 Å². The molecule has 1 fully saturated rings. The summed E-state index contributed by atoms with van der Waals surface area (Å²) in [6.07, 6.45) is 2.58. The maximum atomic E-state index is 11.1.